The Labute approximate surface area is 166 Å². The van der Waals surface area contributed by atoms with E-state index in [1.54, 1.807) is 14.0 Å². The van der Waals surface area contributed by atoms with E-state index < -0.39 is 17.0 Å². The van der Waals surface area contributed by atoms with Crippen molar-refractivity contribution >= 4 is 5.95 Å². The molecule has 1 aliphatic carbocycles. The Morgan fingerprint density at radius 2 is 1.79 bits per heavy atom. The van der Waals surface area contributed by atoms with Crippen molar-refractivity contribution < 1.29 is 13.5 Å². The highest BCUT2D eigenvalue weighted by atomic mass is 19.1. The highest BCUT2D eigenvalue weighted by Crippen LogP contribution is 2.54. The molecule has 1 saturated carbocycles. The fourth-order valence-corrected chi connectivity index (χ4v) is 3.70. The van der Waals surface area contributed by atoms with Gasteiger partial charge in [-0.3, -0.25) is 9.78 Å². The first-order valence-electron chi connectivity index (χ1n) is 9.37. The number of aromatic amines is 1. The van der Waals surface area contributed by atoms with E-state index in [2.05, 4.69) is 15.3 Å². The summed E-state index contributed by atoms with van der Waals surface area (Å²) in [6.45, 7) is 2.06. The molecule has 0 bridgehead atoms. The number of methoxy groups -OCH3 is 1. The van der Waals surface area contributed by atoms with E-state index >= 15 is 0 Å². The van der Waals surface area contributed by atoms with E-state index in [1.807, 2.05) is 24.3 Å². The summed E-state index contributed by atoms with van der Waals surface area (Å²) in [6, 6.07) is 11.3. The molecule has 1 fully saturated rings. The van der Waals surface area contributed by atoms with Gasteiger partial charge in [0.15, 0.2) is 0 Å². The van der Waals surface area contributed by atoms with Gasteiger partial charge >= 0.3 is 0 Å². The molecule has 0 unspecified atom stereocenters. The van der Waals surface area contributed by atoms with Gasteiger partial charge < -0.3 is 10.1 Å². The summed E-state index contributed by atoms with van der Waals surface area (Å²) < 4.78 is 34.1. The van der Waals surface area contributed by atoms with E-state index in [4.69, 9.17) is 4.74 Å². The number of anilines is 1. The molecule has 29 heavy (non-hydrogen) atoms. The normalized spacial score (nSPS) is 14.5. The smallest absolute Gasteiger partial charge is 0.255 e. The maximum absolute atomic E-state index is 14.5. The molecule has 7 heteroatoms. The van der Waals surface area contributed by atoms with Crippen LogP contribution in [0.1, 0.15) is 35.2 Å². The second-order valence-electron chi connectivity index (χ2n) is 7.27. The molecule has 1 aliphatic rings. The minimum Gasteiger partial charge on any atom is -0.497 e. The molecule has 0 amide bonds. The topological polar surface area (TPSA) is 67.0 Å². The van der Waals surface area contributed by atoms with Gasteiger partial charge in [0.05, 0.1) is 12.8 Å². The molecule has 150 valence electrons. The minimum absolute atomic E-state index is 0.0118. The molecular formula is C22H21F2N3O2. The van der Waals surface area contributed by atoms with E-state index in [0.29, 0.717) is 30.6 Å². The van der Waals surface area contributed by atoms with Crippen LogP contribution in [-0.2, 0) is 12.0 Å². The third kappa shape index (κ3) is 3.48. The minimum atomic E-state index is -0.898. The van der Waals surface area contributed by atoms with Gasteiger partial charge in [0.2, 0.25) is 5.95 Å². The molecule has 0 radical (unpaired) electrons. The Kier molecular flexibility index (Phi) is 4.82. The van der Waals surface area contributed by atoms with Crippen molar-refractivity contribution in [2.45, 2.75) is 31.7 Å². The number of nitrogens with one attached hydrogen (secondary N) is 2. The molecule has 0 atom stereocenters. The maximum atomic E-state index is 14.5. The Morgan fingerprint density at radius 3 is 2.38 bits per heavy atom. The maximum Gasteiger partial charge on any atom is 0.255 e. The zero-order chi connectivity index (χ0) is 20.6. The second-order valence-corrected chi connectivity index (χ2v) is 7.27. The lowest BCUT2D eigenvalue weighted by molar-refractivity contribution is 0.414. The molecule has 4 rings (SSSR count). The lowest BCUT2D eigenvalue weighted by Gasteiger charge is -2.19. The van der Waals surface area contributed by atoms with Gasteiger partial charge in [-0.25, -0.2) is 13.8 Å². The summed E-state index contributed by atoms with van der Waals surface area (Å²) >= 11 is 0. The number of hydrogen-bond acceptors (Lipinski definition) is 4. The van der Waals surface area contributed by atoms with Crippen LogP contribution in [0, 0.1) is 18.6 Å². The summed E-state index contributed by atoms with van der Waals surface area (Å²) in [6.07, 6.45) is 1.08. The second kappa shape index (κ2) is 7.31. The van der Waals surface area contributed by atoms with E-state index in [1.165, 1.54) is 18.2 Å². The number of hydrogen-bond donors (Lipinski definition) is 2. The molecule has 2 N–H and O–H groups in total. The number of nitrogens with zero attached hydrogens (tertiary/aromatic N) is 1. The quantitative estimate of drug-likeness (QED) is 0.658. The van der Waals surface area contributed by atoms with Gasteiger partial charge in [0.1, 0.15) is 17.4 Å². The van der Waals surface area contributed by atoms with E-state index in [9.17, 15) is 13.6 Å². The molecule has 1 heterocycles. The standard InChI is InChI=1S/C22H21F2N3O2/c1-13-19(22(10-11-22)18-16(23)4-3-5-17(18)24)26-21(27-20(13)28)25-12-14-6-8-15(29-2)9-7-14/h3-9H,10-12H2,1-2H3,(H2,25,26,27,28). The van der Waals surface area contributed by atoms with Crippen molar-refractivity contribution in [2.75, 3.05) is 12.4 Å². The van der Waals surface area contributed by atoms with Crippen LogP contribution in [0.3, 0.4) is 0 Å². The van der Waals surface area contributed by atoms with Gasteiger partial charge in [0.25, 0.3) is 5.56 Å². The van der Waals surface area contributed by atoms with Gasteiger partial charge in [-0.2, -0.15) is 0 Å². The molecule has 5 nitrogen and oxygen atoms in total. The Hall–Kier alpha value is -3.22. The SMILES string of the molecule is COc1ccc(CNc2nc(C3(c4c(F)cccc4F)CC3)c(C)c(=O)[nH]2)cc1. The first kappa shape index (κ1) is 19.1. The number of benzene rings is 2. The zero-order valence-corrected chi connectivity index (χ0v) is 16.2. The van der Waals surface area contributed by atoms with Crippen LogP contribution in [0.2, 0.25) is 0 Å². The molecule has 0 saturated heterocycles. The van der Waals surface area contributed by atoms with Crippen molar-refractivity contribution in [2.24, 2.45) is 0 Å². The molecule has 0 aliphatic heterocycles. The van der Waals surface area contributed by atoms with Crippen LogP contribution in [0.15, 0.2) is 47.3 Å². The van der Waals surface area contributed by atoms with Gasteiger partial charge in [-0.15, -0.1) is 0 Å². The Balaban J connectivity index is 1.67. The molecule has 1 aromatic heterocycles. The average Bonchev–Trinajstić information content (AvgIpc) is 3.50. The average molecular weight is 397 g/mol. The number of H-pyrrole nitrogens is 1. The highest BCUT2D eigenvalue weighted by molar-refractivity contribution is 5.47. The number of ether oxygens (including phenoxy) is 1. The lowest BCUT2D eigenvalue weighted by atomic mass is 9.89. The summed E-state index contributed by atoms with van der Waals surface area (Å²) in [5, 5.41) is 3.09. The molecule has 3 aromatic rings. The summed E-state index contributed by atoms with van der Waals surface area (Å²) in [4.78, 5) is 19.7. The third-order valence-corrected chi connectivity index (χ3v) is 5.41. The fraction of sp³-hybridized carbons (Fsp3) is 0.273. The first-order chi connectivity index (χ1) is 13.9. The van der Waals surface area contributed by atoms with E-state index in [-0.39, 0.29) is 17.1 Å². The van der Waals surface area contributed by atoms with Crippen LogP contribution in [-0.4, -0.2) is 17.1 Å². The predicted molar refractivity (Wildman–Crippen MR) is 106 cm³/mol. The summed E-state index contributed by atoms with van der Waals surface area (Å²) in [5.41, 5.74) is 0.529. The van der Waals surface area contributed by atoms with Crippen LogP contribution in [0.5, 0.6) is 5.75 Å². The van der Waals surface area contributed by atoms with Gasteiger partial charge in [-0.1, -0.05) is 18.2 Å². The Morgan fingerprint density at radius 1 is 1.14 bits per heavy atom. The van der Waals surface area contributed by atoms with Crippen LogP contribution in [0.4, 0.5) is 14.7 Å². The predicted octanol–water partition coefficient (Wildman–Crippen LogP) is 4.06. The van der Waals surface area contributed by atoms with Crippen molar-refractivity contribution in [3.05, 3.63) is 86.8 Å². The summed E-state index contributed by atoms with van der Waals surface area (Å²) in [7, 11) is 1.60. The van der Waals surface area contributed by atoms with Gasteiger partial charge in [-0.05, 0) is 49.6 Å². The fourth-order valence-electron chi connectivity index (χ4n) is 3.70. The molecular weight excluding hydrogens is 376 g/mol. The van der Waals surface area contributed by atoms with Crippen LogP contribution in [0.25, 0.3) is 0 Å². The lowest BCUT2D eigenvalue weighted by Crippen LogP contribution is -2.25. The summed E-state index contributed by atoms with van der Waals surface area (Å²) in [5.74, 6) is -0.205. The van der Waals surface area contributed by atoms with E-state index in [0.717, 1.165) is 11.3 Å². The zero-order valence-electron chi connectivity index (χ0n) is 16.2. The van der Waals surface area contributed by atoms with Crippen molar-refractivity contribution in [1.82, 2.24) is 9.97 Å². The molecule has 2 aromatic carbocycles. The number of rotatable bonds is 6. The highest BCUT2D eigenvalue weighted by Gasteiger charge is 2.52. The van der Waals surface area contributed by atoms with Crippen molar-refractivity contribution in [3.63, 3.8) is 0 Å². The van der Waals surface area contributed by atoms with Gasteiger partial charge in [0, 0.05) is 23.1 Å². The Bertz CT molecular complexity index is 1090. The monoisotopic (exact) mass is 397 g/mol. The third-order valence-electron chi connectivity index (χ3n) is 5.41. The number of aromatic nitrogens is 2. The molecule has 0 spiro atoms. The van der Waals surface area contributed by atoms with Crippen molar-refractivity contribution in [3.8, 4) is 5.75 Å². The number of halogens is 2. The van der Waals surface area contributed by atoms with Crippen LogP contribution < -0.4 is 15.6 Å². The largest absolute Gasteiger partial charge is 0.497 e. The van der Waals surface area contributed by atoms with Crippen molar-refractivity contribution in [1.29, 1.82) is 0 Å². The van der Waals surface area contributed by atoms with Crippen LogP contribution >= 0.6 is 0 Å². The first-order valence-corrected chi connectivity index (χ1v) is 9.37.